The van der Waals surface area contributed by atoms with Crippen LogP contribution in [0.3, 0.4) is 0 Å². The first kappa shape index (κ1) is 15.8. The molecule has 0 radical (unpaired) electrons. The molecule has 0 aromatic heterocycles. The smallest absolute Gasteiger partial charge is 0.195 e. The van der Waals surface area contributed by atoms with E-state index in [1.165, 1.54) is 12.1 Å². The lowest BCUT2D eigenvalue weighted by atomic mass is 9.98. The molecule has 0 aliphatic carbocycles. The summed E-state index contributed by atoms with van der Waals surface area (Å²) in [6, 6.07) is 10.2. The van der Waals surface area contributed by atoms with Crippen LogP contribution in [0.25, 0.3) is 0 Å². The van der Waals surface area contributed by atoms with Gasteiger partial charge in [0, 0.05) is 29.4 Å². The maximum absolute atomic E-state index is 13.3. The summed E-state index contributed by atoms with van der Waals surface area (Å²) in [5, 5.41) is 3.60. The zero-order valence-electron chi connectivity index (χ0n) is 13.3. The monoisotopic (exact) mass is 332 g/mol. The number of fused-ring (bicyclic) bond motifs is 1. The summed E-state index contributed by atoms with van der Waals surface area (Å²) in [5.74, 6) is 0.368. The molecule has 1 aliphatic rings. The average Bonchev–Trinajstić information content (AvgIpc) is 2.45. The number of rotatable bonds is 3. The molecule has 0 saturated heterocycles. The fourth-order valence-electron chi connectivity index (χ4n) is 2.62. The fourth-order valence-corrected chi connectivity index (χ4v) is 2.88. The van der Waals surface area contributed by atoms with E-state index in [1.807, 2.05) is 39.0 Å². The van der Waals surface area contributed by atoms with Crippen LogP contribution in [0.1, 0.15) is 31.9 Å². The second-order valence-corrected chi connectivity index (χ2v) is 6.28. The molecule has 3 nitrogen and oxygen atoms in total. The summed E-state index contributed by atoms with van der Waals surface area (Å²) in [6.07, 6.45) is 0. The summed E-state index contributed by atoms with van der Waals surface area (Å²) < 4.78 is 19.3. The van der Waals surface area contributed by atoms with E-state index >= 15 is 0 Å². The van der Waals surface area contributed by atoms with Crippen molar-refractivity contribution in [2.24, 2.45) is 4.99 Å². The van der Waals surface area contributed by atoms with Gasteiger partial charge in [-0.05, 0) is 51.1 Å². The van der Waals surface area contributed by atoms with Gasteiger partial charge in [0.05, 0.1) is 10.7 Å². The molecule has 0 spiro atoms. The lowest BCUT2D eigenvalue weighted by Crippen LogP contribution is -2.32. The predicted octanol–water partition coefficient (Wildman–Crippen LogP) is 4.88. The predicted molar refractivity (Wildman–Crippen MR) is 92.4 cm³/mol. The Morgan fingerprint density at radius 2 is 1.91 bits per heavy atom. The van der Waals surface area contributed by atoms with E-state index in [0.29, 0.717) is 16.3 Å². The molecule has 1 heterocycles. The van der Waals surface area contributed by atoms with Crippen molar-refractivity contribution in [1.82, 2.24) is 0 Å². The van der Waals surface area contributed by atoms with Crippen molar-refractivity contribution in [2.45, 2.75) is 26.5 Å². The number of hydrogen-bond donors (Lipinski definition) is 1. The average molecular weight is 333 g/mol. The third kappa shape index (κ3) is 3.17. The molecule has 1 N–H and O–H groups in total. The molecule has 1 aliphatic heterocycles. The van der Waals surface area contributed by atoms with E-state index in [0.717, 1.165) is 23.5 Å². The first-order valence-corrected chi connectivity index (χ1v) is 7.90. The molecule has 23 heavy (non-hydrogen) atoms. The first-order valence-electron chi connectivity index (χ1n) is 7.52. The fraction of sp³-hybridized carbons (Fsp3) is 0.278. The summed E-state index contributed by atoms with van der Waals surface area (Å²) in [4.78, 5) is 4.66. The van der Waals surface area contributed by atoms with Crippen LogP contribution in [0.5, 0.6) is 5.75 Å². The van der Waals surface area contributed by atoms with Gasteiger partial charge in [-0.3, -0.25) is 0 Å². The molecule has 0 atom stereocenters. The molecule has 2 aromatic carbocycles. The number of halogens is 2. The van der Waals surface area contributed by atoms with Gasteiger partial charge in [-0.15, -0.1) is 0 Å². The van der Waals surface area contributed by atoms with Crippen LogP contribution in [0.2, 0.25) is 5.02 Å². The number of benzene rings is 2. The molecule has 0 amide bonds. The van der Waals surface area contributed by atoms with E-state index in [1.54, 1.807) is 6.07 Å². The molecule has 0 fully saturated rings. The zero-order chi connectivity index (χ0) is 16.6. The van der Waals surface area contributed by atoms with Crippen LogP contribution >= 0.6 is 11.6 Å². The van der Waals surface area contributed by atoms with Crippen molar-refractivity contribution >= 4 is 23.0 Å². The Hall–Kier alpha value is -2.07. The zero-order valence-corrected chi connectivity index (χ0v) is 14.0. The maximum atomic E-state index is 13.3. The van der Waals surface area contributed by atoms with Crippen LogP contribution in [-0.2, 0) is 0 Å². The lowest BCUT2D eigenvalue weighted by Gasteiger charge is -2.31. The minimum atomic E-state index is -0.717. The highest BCUT2D eigenvalue weighted by Gasteiger charge is 2.29. The quantitative estimate of drug-likeness (QED) is 0.869. The molecule has 120 valence electrons. The van der Waals surface area contributed by atoms with Crippen molar-refractivity contribution < 1.29 is 9.13 Å². The Morgan fingerprint density at radius 3 is 2.61 bits per heavy atom. The Bertz CT molecular complexity index is 787. The van der Waals surface area contributed by atoms with Gasteiger partial charge in [0.2, 0.25) is 0 Å². The van der Waals surface area contributed by atoms with Crippen LogP contribution in [0, 0.1) is 5.82 Å². The lowest BCUT2D eigenvalue weighted by molar-refractivity contribution is 0.115. The summed E-state index contributed by atoms with van der Waals surface area (Å²) in [5.41, 5.74) is 2.52. The Kier molecular flexibility index (Phi) is 4.02. The van der Waals surface area contributed by atoms with Gasteiger partial charge < -0.3 is 10.1 Å². The number of ether oxygens (including phenoxy) is 1. The van der Waals surface area contributed by atoms with E-state index < -0.39 is 5.72 Å². The highest BCUT2D eigenvalue weighted by molar-refractivity contribution is 6.35. The number of hydrogen-bond acceptors (Lipinski definition) is 3. The molecular weight excluding hydrogens is 315 g/mol. The molecule has 0 saturated carbocycles. The molecule has 2 aromatic rings. The Morgan fingerprint density at radius 1 is 1.17 bits per heavy atom. The molecule has 5 heteroatoms. The molecule has 0 unspecified atom stereocenters. The maximum Gasteiger partial charge on any atom is 0.195 e. The van der Waals surface area contributed by atoms with Crippen molar-refractivity contribution in [1.29, 1.82) is 0 Å². The topological polar surface area (TPSA) is 33.6 Å². The second-order valence-electron chi connectivity index (χ2n) is 5.87. The van der Waals surface area contributed by atoms with Gasteiger partial charge in [0.25, 0.3) is 0 Å². The summed E-state index contributed by atoms with van der Waals surface area (Å²) in [6.45, 7) is 6.63. The van der Waals surface area contributed by atoms with E-state index in [-0.39, 0.29) is 5.82 Å². The van der Waals surface area contributed by atoms with Gasteiger partial charge in [-0.2, -0.15) is 0 Å². The van der Waals surface area contributed by atoms with E-state index in [2.05, 4.69) is 10.3 Å². The van der Waals surface area contributed by atoms with Crippen LogP contribution < -0.4 is 10.1 Å². The van der Waals surface area contributed by atoms with Crippen molar-refractivity contribution in [3.63, 3.8) is 0 Å². The van der Waals surface area contributed by atoms with E-state index in [4.69, 9.17) is 16.3 Å². The summed E-state index contributed by atoms with van der Waals surface area (Å²) in [7, 11) is 0. The van der Waals surface area contributed by atoms with Gasteiger partial charge in [-0.1, -0.05) is 11.6 Å². The van der Waals surface area contributed by atoms with Gasteiger partial charge >= 0.3 is 0 Å². The molecular formula is C18H18ClFN2O. The molecule has 0 bridgehead atoms. The summed E-state index contributed by atoms with van der Waals surface area (Å²) >= 11 is 6.23. The number of nitrogens with one attached hydrogen (secondary N) is 1. The van der Waals surface area contributed by atoms with Crippen LogP contribution in [0.4, 0.5) is 10.1 Å². The normalized spacial score (nSPS) is 15.4. The standard InChI is InChI=1S/C18H18ClFN2O/c1-4-21-12-6-8-14-16(10-12)23-18(2,3)22-17(14)13-7-5-11(20)9-15(13)19/h5-10,21H,4H2,1-3H3. The second kappa shape index (κ2) is 5.85. The Balaban J connectivity index is 2.15. The third-order valence-electron chi connectivity index (χ3n) is 3.54. The SMILES string of the molecule is CCNc1ccc2c(c1)OC(C)(C)N=C2c1ccc(F)cc1Cl. The minimum Gasteiger partial charge on any atom is -0.466 e. The van der Waals surface area contributed by atoms with Crippen molar-refractivity contribution in [3.05, 3.63) is 58.4 Å². The number of anilines is 1. The highest BCUT2D eigenvalue weighted by Crippen LogP contribution is 2.36. The number of aliphatic imine (C=N–C) groups is 1. The van der Waals surface area contributed by atoms with Crippen LogP contribution in [-0.4, -0.2) is 18.0 Å². The highest BCUT2D eigenvalue weighted by atomic mass is 35.5. The molecule has 3 rings (SSSR count). The largest absolute Gasteiger partial charge is 0.466 e. The van der Waals surface area contributed by atoms with Gasteiger partial charge in [-0.25, -0.2) is 9.38 Å². The van der Waals surface area contributed by atoms with Crippen LogP contribution in [0.15, 0.2) is 41.4 Å². The van der Waals surface area contributed by atoms with Gasteiger partial charge in [0.1, 0.15) is 11.6 Å². The van der Waals surface area contributed by atoms with Crippen molar-refractivity contribution in [2.75, 3.05) is 11.9 Å². The Labute approximate surface area is 140 Å². The third-order valence-corrected chi connectivity index (χ3v) is 3.86. The van der Waals surface area contributed by atoms with Crippen molar-refractivity contribution in [3.8, 4) is 5.75 Å². The number of nitrogens with zero attached hydrogens (tertiary/aromatic N) is 1. The van der Waals surface area contributed by atoms with E-state index in [9.17, 15) is 4.39 Å². The minimum absolute atomic E-state index is 0.336. The first-order chi connectivity index (χ1) is 10.9. The van der Waals surface area contributed by atoms with Gasteiger partial charge in [0.15, 0.2) is 5.72 Å².